The van der Waals surface area contributed by atoms with Crippen LogP contribution >= 0.6 is 0 Å². The molecular weight excluding hydrogens is 262 g/mol. The van der Waals surface area contributed by atoms with Crippen LogP contribution in [0.1, 0.15) is 19.8 Å². The molecule has 116 valence electrons. The molecule has 2 aliphatic rings. The summed E-state index contributed by atoms with van der Waals surface area (Å²) in [5.41, 5.74) is 1.16. The van der Waals surface area contributed by atoms with Crippen molar-refractivity contribution in [3.63, 3.8) is 0 Å². The fraction of sp³-hybridized carbons (Fsp3) is 0.647. The van der Waals surface area contributed by atoms with Crippen LogP contribution in [-0.2, 0) is 0 Å². The van der Waals surface area contributed by atoms with Crippen LogP contribution in [0.2, 0.25) is 0 Å². The molecule has 21 heavy (non-hydrogen) atoms. The van der Waals surface area contributed by atoms with Gasteiger partial charge >= 0.3 is 0 Å². The zero-order valence-electron chi connectivity index (χ0n) is 13.0. The van der Waals surface area contributed by atoms with Gasteiger partial charge in [-0.15, -0.1) is 0 Å². The fourth-order valence-corrected chi connectivity index (χ4v) is 3.16. The highest BCUT2D eigenvalue weighted by atomic mass is 16.3. The second kappa shape index (κ2) is 6.34. The van der Waals surface area contributed by atoms with Gasteiger partial charge in [0.15, 0.2) is 0 Å². The predicted molar refractivity (Wildman–Crippen MR) is 86.7 cm³/mol. The van der Waals surface area contributed by atoms with Gasteiger partial charge in [-0.05, 0) is 31.9 Å². The Bertz CT molecular complexity index is 441. The van der Waals surface area contributed by atoms with Crippen molar-refractivity contribution >= 4 is 5.69 Å². The van der Waals surface area contributed by atoms with Crippen molar-refractivity contribution in [3.8, 4) is 0 Å². The summed E-state index contributed by atoms with van der Waals surface area (Å²) in [5, 5.41) is 13.3. The van der Waals surface area contributed by atoms with E-state index in [4.69, 9.17) is 0 Å². The summed E-state index contributed by atoms with van der Waals surface area (Å²) < 4.78 is 0. The summed E-state index contributed by atoms with van der Waals surface area (Å²) in [4.78, 5) is 4.92. The highest BCUT2D eigenvalue weighted by Crippen LogP contribution is 2.23. The van der Waals surface area contributed by atoms with E-state index in [1.54, 1.807) is 0 Å². The Morgan fingerprint density at radius 3 is 2.38 bits per heavy atom. The number of benzene rings is 1. The lowest BCUT2D eigenvalue weighted by Crippen LogP contribution is -2.58. The van der Waals surface area contributed by atoms with E-state index < -0.39 is 0 Å². The molecule has 1 aromatic carbocycles. The van der Waals surface area contributed by atoms with Crippen molar-refractivity contribution in [1.82, 2.24) is 10.2 Å². The molecule has 1 unspecified atom stereocenters. The van der Waals surface area contributed by atoms with Crippen LogP contribution < -0.4 is 10.2 Å². The van der Waals surface area contributed by atoms with Crippen molar-refractivity contribution in [3.05, 3.63) is 30.3 Å². The molecule has 2 N–H and O–H groups in total. The monoisotopic (exact) mass is 289 g/mol. The first-order valence-corrected chi connectivity index (χ1v) is 8.09. The van der Waals surface area contributed by atoms with Crippen LogP contribution in [0, 0.1) is 0 Å². The minimum absolute atomic E-state index is 0.157. The number of piperazine rings is 1. The highest BCUT2D eigenvalue weighted by Gasteiger charge is 2.34. The third-order valence-electron chi connectivity index (χ3n) is 4.55. The van der Waals surface area contributed by atoms with Crippen LogP contribution in [0.5, 0.6) is 0 Å². The Hall–Kier alpha value is -1.10. The van der Waals surface area contributed by atoms with Gasteiger partial charge in [-0.3, -0.25) is 4.90 Å². The van der Waals surface area contributed by atoms with Crippen LogP contribution in [-0.4, -0.2) is 60.9 Å². The van der Waals surface area contributed by atoms with Gasteiger partial charge in [-0.1, -0.05) is 18.2 Å². The zero-order chi connectivity index (χ0) is 14.7. The Morgan fingerprint density at radius 2 is 1.81 bits per heavy atom. The van der Waals surface area contributed by atoms with Gasteiger partial charge < -0.3 is 15.3 Å². The van der Waals surface area contributed by atoms with Gasteiger partial charge in [0.25, 0.3) is 0 Å². The molecule has 1 aliphatic heterocycles. The lowest BCUT2D eigenvalue weighted by molar-refractivity contribution is 0.115. The second-order valence-electron chi connectivity index (χ2n) is 6.74. The summed E-state index contributed by atoms with van der Waals surface area (Å²) in [6.07, 6.45) is 2.52. The van der Waals surface area contributed by atoms with Crippen LogP contribution in [0.4, 0.5) is 5.69 Å². The quantitative estimate of drug-likeness (QED) is 0.828. The minimum Gasteiger partial charge on any atom is -0.394 e. The Labute approximate surface area is 127 Å². The average Bonchev–Trinajstić information content (AvgIpc) is 3.32. The van der Waals surface area contributed by atoms with E-state index in [0.29, 0.717) is 6.04 Å². The number of para-hydroxylation sites is 1. The van der Waals surface area contributed by atoms with Crippen molar-refractivity contribution in [2.45, 2.75) is 31.3 Å². The van der Waals surface area contributed by atoms with Crippen molar-refractivity contribution in [2.75, 3.05) is 44.2 Å². The lowest BCUT2D eigenvalue weighted by Gasteiger charge is -2.41. The van der Waals surface area contributed by atoms with Crippen LogP contribution in [0.15, 0.2) is 30.3 Å². The topological polar surface area (TPSA) is 38.7 Å². The van der Waals surface area contributed by atoms with E-state index in [0.717, 1.165) is 32.7 Å². The Balaban J connectivity index is 1.51. The van der Waals surface area contributed by atoms with Gasteiger partial charge in [0.1, 0.15) is 0 Å². The fourth-order valence-electron chi connectivity index (χ4n) is 3.16. The van der Waals surface area contributed by atoms with E-state index in [-0.39, 0.29) is 12.1 Å². The third-order valence-corrected chi connectivity index (χ3v) is 4.55. The third kappa shape index (κ3) is 3.96. The minimum atomic E-state index is -0.157. The van der Waals surface area contributed by atoms with E-state index >= 15 is 0 Å². The molecule has 2 fully saturated rings. The van der Waals surface area contributed by atoms with Crippen molar-refractivity contribution in [1.29, 1.82) is 0 Å². The normalized spacial score (nSPS) is 23.0. The van der Waals surface area contributed by atoms with Crippen molar-refractivity contribution in [2.24, 2.45) is 0 Å². The lowest BCUT2D eigenvalue weighted by atomic mass is 10.0. The van der Waals surface area contributed by atoms with Gasteiger partial charge in [0.05, 0.1) is 12.1 Å². The maximum Gasteiger partial charge on any atom is 0.0623 e. The predicted octanol–water partition coefficient (Wildman–Crippen LogP) is 1.31. The number of hydrogen-bond acceptors (Lipinski definition) is 4. The van der Waals surface area contributed by atoms with E-state index in [1.807, 2.05) is 0 Å². The molecule has 4 heteroatoms. The number of hydrogen-bond donors (Lipinski definition) is 2. The number of nitrogens with one attached hydrogen (secondary N) is 1. The number of aliphatic hydroxyl groups excluding tert-OH is 1. The molecule has 0 bridgehead atoms. The van der Waals surface area contributed by atoms with E-state index in [2.05, 4.69) is 52.4 Å². The van der Waals surface area contributed by atoms with Gasteiger partial charge in [-0.25, -0.2) is 0 Å². The molecule has 1 aliphatic carbocycles. The van der Waals surface area contributed by atoms with Gasteiger partial charge in [0.2, 0.25) is 0 Å². The number of aliphatic hydroxyl groups is 1. The van der Waals surface area contributed by atoms with E-state index in [1.165, 1.54) is 18.5 Å². The molecule has 0 radical (unpaired) electrons. The Morgan fingerprint density at radius 1 is 1.14 bits per heavy atom. The largest absolute Gasteiger partial charge is 0.394 e. The molecule has 1 saturated carbocycles. The summed E-state index contributed by atoms with van der Waals surface area (Å²) in [7, 11) is 0. The smallest absolute Gasteiger partial charge is 0.0623 e. The second-order valence-corrected chi connectivity index (χ2v) is 6.74. The number of nitrogens with zero attached hydrogens (tertiary/aromatic N) is 2. The zero-order valence-corrected chi connectivity index (χ0v) is 13.0. The molecule has 4 nitrogen and oxygen atoms in total. The standard InChI is InChI=1S/C17H27N3O/c1-17(14-21,18-15-7-8-15)13-19-9-11-20(12-10-19)16-5-3-2-4-6-16/h2-6,15,18,21H,7-14H2,1H3. The molecule has 0 spiro atoms. The molecule has 3 rings (SSSR count). The highest BCUT2D eigenvalue weighted by molar-refractivity contribution is 5.46. The molecule has 1 atom stereocenters. The molecule has 1 heterocycles. The van der Waals surface area contributed by atoms with Gasteiger partial charge in [0, 0.05) is 44.5 Å². The summed E-state index contributed by atoms with van der Waals surface area (Å²) in [6.45, 7) is 7.55. The molecular formula is C17H27N3O. The summed E-state index contributed by atoms with van der Waals surface area (Å²) in [5.74, 6) is 0. The SMILES string of the molecule is CC(CO)(CN1CCN(c2ccccc2)CC1)NC1CC1. The van der Waals surface area contributed by atoms with Crippen molar-refractivity contribution < 1.29 is 5.11 Å². The van der Waals surface area contributed by atoms with Crippen LogP contribution in [0.25, 0.3) is 0 Å². The summed E-state index contributed by atoms with van der Waals surface area (Å²) >= 11 is 0. The first-order valence-electron chi connectivity index (χ1n) is 8.09. The first kappa shape index (κ1) is 14.8. The first-order chi connectivity index (χ1) is 10.2. The van der Waals surface area contributed by atoms with E-state index in [9.17, 15) is 5.11 Å². The Kier molecular flexibility index (Phi) is 4.48. The maximum absolute atomic E-state index is 9.72. The molecule has 1 saturated heterocycles. The number of rotatable bonds is 6. The van der Waals surface area contributed by atoms with Gasteiger partial charge in [-0.2, -0.15) is 0 Å². The maximum atomic E-state index is 9.72. The average molecular weight is 289 g/mol. The molecule has 0 amide bonds. The van der Waals surface area contributed by atoms with Crippen LogP contribution in [0.3, 0.4) is 0 Å². The number of anilines is 1. The molecule has 0 aromatic heterocycles. The molecule has 1 aromatic rings. The summed E-state index contributed by atoms with van der Waals surface area (Å²) in [6, 6.07) is 11.3.